The highest BCUT2D eigenvalue weighted by molar-refractivity contribution is 7.89. The second-order valence-electron chi connectivity index (χ2n) is 7.94. The van der Waals surface area contributed by atoms with Gasteiger partial charge in [-0.15, -0.1) is 0 Å². The molecule has 3 rings (SSSR count). The number of benzene rings is 1. The Bertz CT molecular complexity index is 1010. The molecule has 1 amide bonds. The fourth-order valence-electron chi connectivity index (χ4n) is 3.80. The summed E-state index contributed by atoms with van der Waals surface area (Å²) < 4.78 is 29.6. The number of sulfonamides is 1. The SMILES string of the molecule is CCN(CC)CCn1cc(NC(=O)c2ccc(Cl)c(S(=O)(=O)N3CCCCCC3)c2)cn1. The van der Waals surface area contributed by atoms with E-state index < -0.39 is 15.9 Å². The average molecular weight is 482 g/mol. The molecule has 10 heteroatoms. The molecule has 0 atom stereocenters. The van der Waals surface area contributed by atoms with E-state index in [-0.39, 0.29) is 15.5 Å². The number of hydrogen-bond acceptors (Lipinski definition) is 5. The zero-order valence-electron chi connectivity index (χ0n) is 18.8. The topological polar surface area (TPSA) is 87.5 Å². The zero-order valence-corrected chi connectivity index (χ0v) is 20.3. The number of amides is 1. The molecule has 0 aliphatic carbocycles. The van der Waals surface area contributed by atoms with Crippen LogP contribution in [0.15, 0.2) is 35.5 Å². The van der Waals surface area contributed by atoms with Crippen LogP contribution >= 0.6 is 11.6 Å². The second-order valence-corrected chi connectivity index (χ2v) is 10.3. The van der Waals surface area contributed by atoms with Gasteiger partial charge in [-0.05, 0) is 44.1 Å². The number of hydrogen-bond donors (Lipinski definition) is 1. The predicted molar refractivity (Wildman–Crippen MR) is 127 cm³/mol. The molecule has 8 nitrogen and oxygen atoms in total. The maximum atomic E-state index is 13.2. The lowest BCUT2D eigenvalue weighted by Gasteiger charge is -2.21. The highest BCUT2D eigenvalue weighted by atomic mass is 35.5. The molecule has 0 bridgehead atoms. The van der Waals surface area contributed by atoms with Crippen LogP contribution in [-0.2, 0) is 16.6 Å². The molecule has 1 aliphatic rings. The van der Waals surface area contributed by atoms with Crippen LogP contribution in [0.1, 0.15) is 49.9 Å². The minimum absolute atomic E-state index is 0.0244. The van der Waals surface area contributed by atoms with E-state index in [1.807, 2.05) is 0 Å². The van der Waals surface area contributed by atoms with Gasteiger partial charge in [0.2, 0.25) is 10.0 Å². The first-order chi connectivity index (χ1) is 15.3. The molecule has 32 heavy (non-hydrogen) atoms. The summed E-state index contributed by atoms with van der Waals surface area (Å²) in [6, 6.07) is 4.36. The molecule has 1 saturated heterocycles. The van der Waals surface area contributed by atoms with E-state index >= 15 is 0 Å². The molecule has 176 valence electrons. The van der Waals surface area contributed by atoms with E-state index in [0.717, 1.165) is 51.9 Å². The molecule has 0 unspecified atom stereocenters. The summed E-state index contributed by atoms with van der Waals surface area (Å²) in [7, 11) is -3.76. The molecular formula is C22H32ClN5O3S. The predicted octanol–water partition coefficient (Wildman–Crippen LogP) is 3.70. The van der Waals surface area contributed by atoms with Crippen LogP contribution in [0.4, 0.5) is 5.69 Å². The monoisotopic (exact) mass is 481 g/mol. The van der Waals surface area contributed by atoms with Gasteiger partial charge >= 0.3 is 0 Å². The number of carbonyl (C=O) groups is 1. The number of anilines is 1. The summed E-state index contributed by atoms with van der Waals surface area (Å²) >= 11 is 6.24. The standard InChI is InChI=1S/C22H32ClN5O3S/c1-3-26(4-2)13-14-27-17-19(16-24-27)25-22(29)18-9-10-20(23)21(15-18)32(30,31)28-11-7-5-6-8-12-28/h9-10,15-17H,3-8,11-14H2,1-2H3,(H,25,29). The van der Waals surface area contributed by atoms with Crippen molar-refractivity contribution < 1.29 is 13.2 Å². The van der Waals surface area contributed by atoms with E-state index in [0.29, 0.717) is 18.8 Å². The van der Waals surface area contributed by atoms with Gasteiger partial charge < -0.3 is 10.2 Å². The Morgan fingerprint density at radius 1 is 1.16 bits per heavy atom. The third-order valence-electron chi connectivity index (χ3n) is 5.81. The van der Waals surface area contributed by atoms with Crippen molar-refractivity contribution in [3.63, 3.8) is 0 Å². The van der Waals surface area contributed by atoms with E-state index in [2.05, 4.69) is 29.2 Å². The molecule has 1 aromatic carbocycles. The first-order valence-electron chi connectivity index (χ1n) is 11.2. The zero-order chi connectivity index (χ0) is 23.1. The summed E-state index contributed by atoms with van der Waals surface area (Å²) in [5, 5.41) is 7.21. The smallest absolute Gasteiger partial charge is 0.255 e. The molecular weight excluding hydrogens is 450 g/mol. The fourth-order valence-corrected chi connectivity index (χ4v) is 5.82. The third-order valence-corrected chi connectivity index (χ3v) is 8.19. The van der Waals surface area contributed by atoms with Crippen molar-refractivity contribution in [3.8, 4) is 0 Å². The Labute approximate surface area is 195 Å². The Morgan fingerprint density at radius 2 is 1.84 bits per heavy atom. The minimum Gasteiger partial charge on any atom is -0.319 e. The number of aromatic nitrogens is 2. The summed E-state index contributed by atoms with van der Waals surface area (Å²) in [4.78, 5) is 15.1. The molecule has 1 aliphatic heterocycles. The van der Waals surface area contributed by atoms with Crippen molar-refractivity contribution in [2.24, 2.45) is 0 Å². The summed E-state index contributed by atoms with van der Waals surface area (Å²) in [5.74, 6) is -0.405. The van der Waals surface area contributed by atoms with Crippen LogP contribution in [0.3, 0.4) is 0 Å². The van der Waals surface area contributed by atoms with Crippen LogP contribution in [0.2, 0.25) is 5.02 Å². The lowest BCUT2D eigenvalue weighted by Crippen LogP contribution is -2.32. The molecule has 1 aromatic heterocycles. The van der Waals surface area contributed by atoms with Gasteiger partial charge in [-0.1, -0.05) is 38.3 Å². The lowest BCUT2D eigenvalue weighted by atomic mass is 10.2. The van der Waals surface area contributed by atoms with Crippen molar-refractivity contribution >= 4 is 33.2 Å². The third kappa shape index (κ3) is 6.10. The molecule has 0 spiro atoms. The van der Waals surface area contributed by atoms with Crippen LogP contribution < -0.4 is 5.32 Å². The average Bonchev–Trinajstić information content (AvgIpc) is 3.04. The Hall–Kier alpha value is -1.94. The molecule has 1 fully saturated rings. The second kappa shape index (κ2) is 11.3. The molecule has 1 N–H and O–H groups in total. The fraction of sp³-hybridized carbons (Fsp3) is 0.545. The number of carbonyl (C=O) groups excluding carboxylic acids is 1. The number of rotatable bonds is 9. The van der Waals surface area contributed by atoms with Gasteiger partial charge in [-0.3, -0.25) is 9.48 Å². The quantitative estimate of drug-likeness (QED) is 0.590. The Morgan fingerprint density at radius 3 is 2.50 bits per heavy atom. The van der Waals surface area contributed by atoms with Crippen molar-refractivity contribution in [2.75, 3.05) is 38.0 Å². The highest BCUT2D eigenvalue weighted by Crippen LogP contribution is 2.28. The molecule has 2 aromatic rings. The Kier molecular flexibility index (Phi) is 8.70. The van der Waals surface area contributed by atoms with E-state index in [9.17, 15) is 13.2 Å². The number of likely N-dealkylation sites (N-methyl/N-ethyl adjacent to an activating group) is 1. The summed E-state index contributed by atoms with van der Waals surface area (Å²) in [6.07, 6.45) is 7.05. The Balaban J connectivity index is 1.72. The van der Waals surface area contributed by atoms with Gasteiger partial charge in [0.1, 0.15) is 4.90 Å². The van der Waals surface area contributed by atoms with Crippen LogP contribution in [0, 0.1) is 0 Å². The number of nitrogens with one attached hydrogen (secondary N) is 1. The van der Waals surface area contributed by atoms with Gasteiger partial charge in [-0.25, -0.2) is 8.42 Å². The van der Waals surface area contributed by atoms with Gasteiger partial charge in [0.25, 0.3) is 5.91 Å². The van der Waals surface area contributed by atoms with Gasteiger partial charge in [0.15, 0.2) is 0 Å². The number of halogens is 1. The van der Waals surface area contributed by atoms with Gasteiger partial charge in [-0.2, -0.15) is 9.40 Å². The van der Waals surface area contributed by atoms with E-state index in [1.54, 1.807) is 17.1 Å². The molecule has 0 radical (unpaired) electrons. The maximum Gasteiger partial charge on any atom is 0.255 e. The highest BCUT2D eigenvalue weighted by Gasteiger charge is 2.28. The largest absolute Gasteiger partial charge is 0.319 e. The summed E-state index contributed by atoms with van der Waals surface area (Å²) in [5.41, 5.74) is 0.792. The lowest BCUT2D eigenvalue weighted by molar-refractivity contribution is 0.102. The van der Waals surface area contributed by atoms with Crippen molar-refractivity contribution in [3.05, 3.63) is 41.2 Å². The van der Waals surface area contributed by atoms with Crippen LogP contribution in [0.25, 0.3) is 0 Å². The first-order valence-corrected chi connectivity index (χ1v) is 13.0. The van der Waals surface area contributed by atoms with E-state index in [1.165, 1.54) is 22.5 Å². The van der Waals surface area contributed by atoms with Gasteiger partial charge in [0, 0.05) is 31.4 Å². The van der Waals surface area contributed by atoms with Crippen LogP contribution in [-0.4, -0.2) is 66.0 Å². The van der Waals surface area contributed by atoms with Crippen LogP contribution in [0.5, 0.6) is 0 Å². The molecule has 0 saturated carbocycles. The van der Waals surface area contributed by atoms with Gasteiger partial charge in [0.05, 0.1) is 23.5 Å². The summed E-state index contributed by atoms with van der Waals surface area (Å²) in [6.45, 7) is 8.72. The molecule has 2 heterocycles. The van der Waals surface area contributed by atoms with E-state index in [4.69, 9.17) is 11.6 Å². The first kappa shape index (κ1) is 24.7. The van der Waals surface area contributed by atoms with Crippen molar-refractivity contribution in [1.82, 2.24) is 19.0 Å². The van der Waals surface area contributed by atoms with Crippen molar-refractivity contribution in [2.45, 2.75) is 51.0 Å². The number of nitrogens with zero attached hydrogens (tertiary/aromatic N) is 4. The minimum atomic E-state index is -3.76. The maximum absolute atomic E-state index is 13.2. The van der Waals surface area contributed by atoms with Crippen molar-refractivity contribution in [1.29, 1.82) is 0 Å². The normalized spacial score (nSPS) is 15.6.